The molecule has 136 valence electrons. The Morgan fingerprint density at radius 3 is 2.39 bits per heavy atom. The summed E-state index contributed by atoms with van der Waals surface area (Å²) in [5.74, 6) is 1.57. The van der Waals surface area contributed by atoms with Crippen molar-refractivity contribution in [2.24, 2.45) is 0 Å². The monoisotopic (exact) mass is 367 g/mol. The fourth-order valence-corrected chi connectivity index (χ4v) is 3.54. The Morgan fingerprint density at radius 2 is 1.61 bits per heavy atom. The molecule has 4 aromatic rings. The number of pyridine rings is 1. The molecule has 0 aliphatic carbocycles. The van der Waals surface area contributed by atoms with E-state index in [1.807, 2.05) is 77.4 Å². The van der Waals surface area contributed by atoms with Crippen LogP contribution in [0.25, 0.3) is 17.2 Å². The van der Waals surface area contributed by atoms with Gasteiger partial charge in [0.2, 0.25) is 0 Å². The van der Waals surface area contributed by atoms with Gasteiger partial charge in [-0.25, -0.2) is 0 Å². The van der Waals surface area contributed by atoms with Crippen molar-refractivity contribution < 1.29 is 4.79 Å². The molecule has 0 unspecified atom stereocenters. The number of fused-ring (bicyclic) bond motifs is 3. The summed E-state index contributed by atoms with van der Waals surface area (Å²) in [4.78, 5) is 19.2. The number of anilines is 1. The van der Waals surface area contributed by atoms with Crippen molar-refractivity contribution >= 4 is 11.5 Å². The molecule has 0 bridgehead atoms. The van der Waals surface area contributed by atoms with Crippen LogP contribution in [0.4, 0.5) is 5.69 Å². The highest BCUT2D eigenvalue weighted by Crippen LogP contribution is 2.34. The molecule has 0 N–H and O–H groups in total. The van der Waals surface area contributed by atoms with Gasteiger partial charge in [0.15, 0.2) is 17.4 Å². The fourth-order valence-electron chi connectivity index (χ4n) is 3.54. The molecule has 1 aliphatic heterocycles. The average Bonchev–Trinajstić information content (AvgIpc) is 3.19. The zero-order valence-corrected chi connectivity index (χ0v) is 15.1. The van der Waals surface area contributed by atoms with Gasteiger partial charge >= 0.3 is 0 Å². The first-order valence-corrected chi connectivity index (χ1v) is 9.09. The maximum Gasteiger partial charge on any atom is 0.187 e. The second kappa shape index (κ2) is 6.74. The third-order valence-electron chi connectivity index (χ3n) is 4.85. The van der Waals surface area contributed by atoms with Gasteiger partial charge in [-0.15, -0.1) is 10.2 Å². The van der Waals surface area contributed by atoms with Crippen LogP contribution in [0.5, 0.6) is 0 Å². The topological polar surface area (TPSA) is 63.9 Å². The lowest BCUT2D eigenvalue weighted by Crippen LogP contribution is -2.34. The highest BCUT2D eigenvalue weighted by atomic mass is 16.1. The van der Waals surface area contributed by atoms with Gasteiger partial charge in [0.1, 0.15) is 5.69 Å². The number of para-hydroxylation sites is 2. The van der Waals surface area contributed by atoms with Gasteiger partial charge in [0.25, 0.3) is 0 Å². The van der Waals surface area contributed by atoms with E-state index < -0.39 is 0 Å². The Labute approximate surface area is 162 Å². The van der Waals surface area contributed by atoms with Crippen molar-refractivity contribution in [3.63, 3.8) is 0 Å². The van der Waals surface area contributed by atoms with Crippen molar-refractivity contribution in [2.45, 2.75) is 6.54 Å². The van der Waals surface area contributed by atoms with E-state index in [-0.39, 0.29) is 12.3 Å². The molecule has 2 aromatic heterocycles. The molecule has 5 rings (SSSR count). The molecule has 0 fully saturated rings. The van der Waals surface area contributed by atoms with E-state index >= 15 is 0 Å². The lowest BCUT2D eigenvalue weighted by molar-refractivity contribution is 0.0998. The van der Waals surface area contributed by atoms with Gasteiger partial charge in [-0.1, -0.05) is 48.5 Å². The van der Waals surface area contributed by atoms with Crippen LogP contribution in [0.15, 0.2) is 79.0 Å². The summed E-state index contributed by atoms with van der Waals surface area (Å²) in [5.41, 5.74) is 3.41. The van der Waals surface area contributed by atoms with Crippen LogP contribution in [0.1, 0.15) is 16.2 Å². The van der Waals surface area contributed by atoms with Gasteiger partial charge in [-0.2, -0.15) is 0 Å². The normalized spacial score (nSPS) is 12.4. The number of carbonyl (C=O) groups is 1. The predicted molar refractivity (Wildman–Crippen MR) is 106 cm³/mol. The summed E-state index contributed by atoms with van der Waals surface area (Å²) in [6, 6.07) is 23.1. The van der Waals surface area contributed by atoms with Crippen molar-refractivity contribution in [2.75, 3.05) is 11.4 Å². The number of hydrogen-bond donors (Lipinski definition) is 0. The fraction of sp³-hybridized carbons (Fsp3) is 0.0909. The zero-order chi connectivity index (χ0) is 18.9. The van der Waals surface area contributed by atoms with Gasteiger partial charge in [-0.3, -0.25) is 14.3 Å². The first kappa shape index (κ1) is 16.4. The van der Waals surface area contributed by atoms with Crippen LogP contribution in [0.2, 0.25) is 0 Å². The van der Waals surface area contributed by atoms with E-state index in [0.717, 1.165) is 22.9 Å². The molecule has 6 heteroatoms. The van der Waals surface area contributed by atoms with E-state index in [9.17, 15) is 4.79 Å². The number of rotatable bonds is 4. The van der Waals surface area contributed by atoms with Crippen molar-refractivity contribution in [3.05, 3.63) is 90.4 Å². The molecule has 6 nitrogen and oxygen atoms in total. The number of Topliss-reactive ketones (excluding diaryl/α,β-unsaturated/α-hetero) is 1. The maximum atomic E-state index is 12.8. The van der Waals surface area contributed by atoms with Crippen LogP contribution < -0.4 is 4.90 Å². The molecular weight excluding hydrogens is 350 g/mol. The number of aromatic nitrogens is 4. The van der Waals surface area contributed by atoms with Gasteiger partial charge < -0.3 is 4.90 Å². The Kier molecular flexibility index (Phi) is 3.94. The lowest BCUT2D eigenvalue weighted by Gasteiger charge is -2.31. The van der Waals surface area contributed by atoms with E-state index in [1.54, 1.807) is 6.20 Å². The summed E-state index contributed by atoms with van der Waals surface area (Å²) in [7, 11) is 0. The summed E-state index contributed by atoms with van der Waals surface area (Å²) in [6.45, 7) is 0.794. The smallest absolute Gasteiger partial charge is 0.187 e. The summed E-state index contributed by atoms with van der Waals surface area (Å²) < 4.78 is 2.03. The van der Waals surface area contributed by atoms with Crippen LogP contribution in [0.3, 0.4) is 0 Å². The number of carbonyl (C=O) groups excluding carboxylic acids is 1. The largest absolute Gasteiger partial charge is 0.355 e. The van der Waals surface area contributed by atoms with E-state index in [0.29, 0.717) is 17.9 Å². The molecule has 0 radical (unpaired) electrons. The zero-order valence-electron chi connectivity index (χ0n) is 15.1. The first-order chi connectivity index (χ1) is 13.8. The Bertz CT molecular complexity index is 1140. The molecule has 0 saturated heterocycles. The number of hydrogen-bond acceptors (Lipinski definition) is 5. The minimum atomic E-state index is 0.0771. The number of nitrogens with zero attached hydrogens (tertiary/aromatic N) is 5. The maximum absolute atomic E-state index is 12.8. The Morgan fingerprint density at radius 1 is 0.857 bits per heavy atom. The Hall–Kier alpha value is -3.80. The summed E-state index contributed by atoms with van der Waals surface area (Å²) in [5, 5.41) is 8.76. The standard InChI is InChI=1S/C22H17N5O/c28-20(16-8-2-1-3-9-16)14-26-15-21-24-25-22(17-10-6-7-13-23-17)27(21)19-12-5-4-11-18(19)26/h1-13H,14-15H2. The molecule has 0 atom stereocenters. The molecule has 28 heavy (non-hydrogen) atoms. The van der Waals surface area contributed by atoms with Crippen molar-refractivity contribution in [1.82, 2.24) is 19.7 Å². The third-order valence-corrected chi connectivity index (χ3v) is 4.85. The molecule has 0 amide bonds. The minimum absolute atomic E-state index is 0.0771. The highest BCUT2D eigenvalue weighted by Gasteiger charge is 2.28. The first-order valence-electron chi connectivity index (χ1n) is 9.09. The molecule has 2 aromatic carbocycles. The van der Waals surface area contributed by atoms with Crippen molar-refractivity contribution in [3.8, 4) is 17.2 Å². The van der Waals surface area contributed by atoms with E-state index in [4.69, 9.17) is 0 Å². The second-order valence-electron chi connectivity index (χ2n) is 6.62. The Balaban J connectivity index is 1.54. The molecule has 1 aliphatic rings. The summed E-state index contributed by atoms with van der Waals surface area (Å²) >= 11 is 0. The van der Waals surface area contributed by atoms with E-state index in [2.05, 4.69) is 20.1 Å². The van der Waals surface area contributed by atoms with Crippen LogP contribution >= 0.6 is 0 Å². The minimum Gasteiger partial charge on any atom is -0.355 e. The van der Waals surface area contributed by atoms with Crippen LogP contribution in [-0.2, 0) is 6.54 Å². The highest BCUT2D eigenvalue weighted by molar-refractivity contribution is 5.99. The molecule has 0 spiro atoms. The quantitative estimate of drug-likeness (QED) is 0.516. The third kappa shape index (κ3) is 2.75. The van der Waals surface area contributed by atoms with Gasteiger partial charge in [-0.05, 0) is 24.3 Å². The predicted octanol–water partition coefficient (Wildman–Crippen LogP) is 3.53. The molecule has 0 saturated carbocycles. The van der Waals surface area contributed by atoms with E-state index in [1.165, 1.54) is 0 Å². The van der Waals surface area contributed by atoms with Crippen LogP contribution in [-0.4, -0.2) is 32.1 Å². The molecular formula is C22H17N5O. The number of ketones is 1. The van der Waals surface area contributed by atoms with Gasteiger partial charge in [0.05, 0.1) is 24.5 Å². The second-order valence-corrected chi connectivity index (χ2v) is 6.62. The number of benzene rings is 2. The summed E-state index contributed by atoms with van der Waals surface area (Å²) in [6.07, 6.45) is 1.75. The lowest BCUT2D eigenvalue weighted by atomic mass is 10.1. The molecule has 3 heterocycles. The van der Waals surface area contributed by atoms with Crippen molar-refractivity contribution in [1.29, 1.82) is 0 Å². The van der Waals surface area contributed by atoms with Crippen LogP contribution in [0, 0.1) is 0 Å². The average molecular weight is 367 g/mol. The SMILES string of the molecule is O=C(CN1Cc2nnc(-c3ccccn3)n2-c2ccccc21)c1ccccc1. The van der Waals surface area contributed by atoms with Gasteiger partial charge in [0, 0.05) is 11.8 Å².